The number of nitrogens with zero attached hydrogens (tertiary/aromatic N) is 9. The molecule has 0 bridgehead atoms. The molecule has 4 atom stereocenters. The molecule has 4 aromatic rings. The van der Waals surface area contributed by atoms with E-state index in [1.165, 1.54) is 58.0 Å². The van der Waals surface area contributed by atoms with Gasteiger partial charge < -0.3 is 5.32 Å². The van der Waals surface area contributed by atoms with Crippen molar-refractivity contribution in [1.29, 1.82) is 0 Å². The third-order valence-corrected chi connectivity index (χ3v) is 9.91. The van der Waals surface area contributed by atoms with Gasteiger partial charge in [0.25, 0.3) is 0 Å². The number of Topliss-reactive ketones (excluding diaryl/α,β-unsaturated/α-hetero) is 4. The summed E-state index contributed by atoms with van der Waals surface area (Å²) in [7, 11) is -4.79. The molecule has 2 saturated heterocycles. The van der Waals surface area contributed by atoms with E-state index >= 15 is 0 Å². The quantitative estimate of drug-likeness (QED) is 0.0765. The van der Waals surface area contributed by atoms with Crippen molar-refractivity contribution in [3.8, 4) is 0 Å². The van der Waals surface area contributed by atoms with Gasteiger partial charge >= 0.3 is 10.3 Å². The zero-order chi connectivity index (χ0) is 34.7. The van der Waals surface area contributed by atoms with Crippen LogP contribution in [0.5, 0.6) is 0 Å². The van der Waals surface area contributed by atoms with Gasteiger partial charge in [-0.3, -0.25) is 42.7 Å². The van der Waals surface area contributed by atoms with Crippen LogP contribution in [0.2, 0.25) is 0 Å². The van der Waals surface area contributed by atoms with Gasteiger partial charge in [0, 0.05) is 23.6 Å². The van der Waals surface area contributed by atoms with E-state index in [0.717, 1.165) is 5.01 Å². The van der Waals surface area contributed by atoms with E-state index in [4.69, 9.17) is 0 Å². The summed E-state index contributed by atoms with van der Waals surface area (Å²) in [6, 6.07) is -1.27. The summed E-state index contributed by atoms with van der Waals surface area (Å²) in [6.45, 7) is 3.76. The van der Waals surface area contributed by atoms with Gasteiger partial charge in [-0.05, 0) is 13.8 Å². The Morgan fingerprint density at radius 3 is 1.75 bits per heavy atom. The van der Waals surface area contributed by atoms with E-state index in [1.807, 2.05) is 0 Å². The molecule has 0 radical (unpaired) electrons. The standard InChI is InChI=1S/C13H13N5O6S2.C13H13N5O3S/c1-7-16-9(4-25-7)12(20)11(19)2-8-10(3-17-6-14-5-15-17)18(13(8)21)26(22,23)24;1-7-16-10(4-22-7)12(20)11(19)2-8-9(17-13(8)21)3-18-6-14-5-15-18/h4-6,8,10H,2-3H2,1H3,(H,22,23,24);4-6,8-9H,2-3H2,1H3,(H,17,21)/t8-,10+;8-,9+/m00/s1. The van der Waals surface area contributed by atoms with Gasteiger partial charge in [0.05, 0.1) is 47.0 Å². The highest BCUT2D eigenvalue weighted by atomic mass is 32.2. The Kier molecular flexibility index (Phi) is 10.1. The monoisotopic (exact) mass is 718 g/mol. The Labute approximate surface area is 279 Å². The molecule has 0 unspecified atom stereocenters. The Morgan fingerprint density at radius 2 is 1.33 bits per heavy atom. The second-order valence-electron chi connectivity index (χ2n) is 10.7. The highest BCUT2D eigenvalue weighted by Gasteiger charge is 2.54. The fraction of sp³-hybridized carbons (Fsp3) is 0.385. The first-order valence-corrected chi connectivity index (χ1v) is 17.1. The second-order valence-corrected chi connectivity index (χ2v) is 14.1. The number of carbonyl (C=O) groups excluding carboxylic acids is 6. The van der Waals surface area contributed by atoms with Crippen LogP contribution in [0.15, 0.2) is 36.1 Å². The lowest BCUT2D eigenvalue weighted by Gasteiger charge is -2.43. The number of β-lactam (4-membered cyclic amide) rings is 2. The predicted molar refractivity (Wildman–Crippen MR) is 163 cm³/mol. The van der Waals surface area contributed by atoms with E-state index in [2.05, 4.69) is 35.5 Å². The molecule has 48 heavy (non-hydrogen) atoms. The Bertz CT molecular complexity index is 1970. The fourth-order valence-electron chi connectivity index (χ4n) is 5.02. The van der Waals surface area contributed by atoms with E-state index < -0.39 is 63.6 Å². The largest absolute Gasteiger partial charge is 0.362 e. The van der Waals surface area contributed by atoms with Crippen molar-refractivity contribution in [2.24, 2.45) is 11.8 Å². The zero-order valence-electron chi connectivity index (χ0n) is 25.1. The number of nitrogens with one attached hydrogen (secondary N) is 1. The maximum absolute atomic E-state index is 12.2. The molecule has 252 valence electrons. The third-order valence-electron chi connectivity index (χ3n) is 7.41. The zero-order valence-corrected chi connectivity index (χ0v) is 27.5. The molecule has 6 heterocycles. The van der Waals surface area contributed by atoms with Crippen molar-refractivity contribution in [2.45, 2.75) is 51.9 Å². The molecule has 22 heteroatoms. The average Bonchev–Trinajstić information content (AvgIpc) is 3.86. The van der Waals surface area contributed by atoms with Gasteiger partial charge in [-0.15, -0.1) is 22.7 Å². The van der Waals surface area contributed by atoms with Crippen molar-refractivity contribution in [3.63, 3.8) is 0 Å². The second kappa shape index (κ2) is 14.0. The van der Waals surface area contributed by atoms with Gasteiger partial charge in [-0.1, -0.05) is 0 Å². The SMILES string of the molecule is Cc1nc(C(=O)C(=O)C[C@@H]2C(=O)N(S(=O)(=O)O)[C@@H]2Cn2cncn2)cs1.Cc1nc(C(=O)C(=O)C[C@@H]2C(=O)N[C@@H]2Cn2cncn2)cs1. The first kappa shape index (κ1) is 34.4. The van der Waals surface area contributed by atoms with Crippen LogP contribution in [-0.4, -0.2) is 104 Å². The van der Waals surface area contributed by atoms with Gasteiger partial charge in [-0.25, -0.2) is 24.2 Å². The first-order valence-electron chi connectivity index (χ1n) is 14.0. The highest BCUT2D eigenvalue weighted by molar-refractivity contribution is 7.84. The van der Waals surface area contributed by atoms with Crippen LogP contribution in [0.3, 0.4) is 0 Å². The maximum atomic E-state index is 12.2. The molecular weight excluding hydrogens is 693 g/mol. The minimum absolute atomic E-state index is 0.0104. The number of aromatic nitrogens is 8. The van der Waals surface area contributed by atoms with Crippen LogP contribution in [0.25, 0.3) is 0 Å². The Balaban J connectivity index is 0.000000190. The molecule has 2 aliphatic rings. The average molecular weight is 719 g/mol. The molecule has 4 aromatic heterocycles. The van der Waals surface area contributed by atoms with Crippen molar-refractivity contribution < 1.29 is 41.7 Å². The smallest absolute Gasteiger partial charge is 0.350 e. The van der Waals surface area contributed by atoms with Crippen LogP contribution in [-0.2, 0) is 42.6 Å². The summed E-state index contributed by atoms with van der Waals surface area (Å²) in [6.07, 6.45) is 4.85. The molecule has 6 rings (SSSR count). The lowest BCUT2D eigenvalue weighted by atomic mass is 9.85. The van der Waals surface area contributed by atoms with E-state index in [0.29, 0.717) is 11.6 Å². The van der Waals surface area contributed by atoms with Crippen LogP contribution >= 0.6 is 22.7 Å². The van der Waals surface area contributed by atoms with Crippen LogP contribution in [0.4, 0.5) is 0 Å². The molecule has 2 aliphatic heterocycles. The molecule has 2 amide bonds. The maximum Gasteiger partial charge on any atom is 0.362 e. The summed E-state index contributed by atoms with van der Waals surface area (Å²) in [4.78, 5) is 87.6. The van der Waals surface area contributed by atoms with E-state index in [-0.39, 0.29) is 40.6 Å². The summed E-state index contributed by atoms with van der Waals surface area (Å²) in [5.41, 5.74) is 0.142. The van der Waals surface area contributed by atoms with Gasteiger partial charge in [0.2, 0.25) is 34.9 Å². The number of amides is 2. The number of rotatable bonds is 13. The first-order chi connectivity index (χ1) is 22.7. The van der Waals surface area contributed by atoms with Crippen LogP contribution < -0.4 is 5.32 Å². The fourth-order valence-corrected chi connectivity index (χ4v) is 7.12. The number of thiazole rings is 2. The summed E-state index contributed by atoms with van der Waals surface area (Å²) < 4.78 is 35.2. The van der Waals surface area contributed by atoms with E-state index in [9.17, 15) is 41.7 Å². The number of hydrogen-bond donors (Lipinski definition) is 2. The van der Waals surface area contributed by atoms with Gasteiger partial charge in [0.15, 0.2) is 0 Å². The van der Waals surface area contributed by atoms with Crippen molar-refractivity contribution >= 4 is 67.9 Å². The van der Waals surface area contributed by atoms with E-state index in [1.54, 1.807) is 23.9 Å². The molecule has 2 N–H and O–H groups in total. The predicted octanol–water partition coefficient (Wildman–Crippen LogP) is -0.485. The number of ketones is 4. The van der Waals surface area contributed by atoms with Gasteiger partial charge in [0.1, 0.15) is 36.7 Å². The lowest BCUT2D eigenvalue weighted by Crippen LogP contribution is -2.64. The molecule has 0 saturated carbocycles. The van der Waals surface area contributed by atoms with Crippen LogP contribution in [0.1, 0.15) is 43.8 Å². The summed E-state index contributed by atoms with van der Waals surface area (Å²) in [5.74, 6) is -5.68. The van der Waals surface area contributed by atoms with Crippen molar-refractivity contribution in [2.75, 3.05) is 0 Å². The topological polar surface area (TPSA) is 259 Å². The molecular formula is C26H26N10O9S3. The number of hydrogen-bond acceptors (Lipinski definition) is 16. The minimum Gasteiger partial charge on any atom is -0.350 e. The Hall–Kier alpha value is -4.93. The van der Waals surface area contributed by atoms with Gasteiger partial charge in [-0.2, -0.15) is 18.6 Å². The summed E-state index contributed by atoms with van der Waals surface area (Å²) >= 11 is 2.52. The summed E-state index contributed by atoms with van der Waals surface area (Å²) in [5, 5.41) is 14.8. The highest BCUT2D eigenvalue weighted by Crippen LogP contribution is 2.33. The third kappa shape index (κ3) is 7.61. The van der Waals surface area contributed by atoms with Crippen molar-refractivity contribution in [3.05, 3.63) is 57.5 Å². The molecule has 19 nitrogen and oxygen atoms in total. The normalized spacial score (nSPS) is 20.2. The molecule has 0 aliphatic carbocycles. The Morgan fingerprint density at radius 1 is 0.833 bits per heavy atom. The lowest BCUT2D eigenvalue weighted by molar-refractivity contribution is -0.150. The molecule has 0 aromatic carbocycles. The van der Waals surface area contributed by atoms with Crippen LogP contribution in [0, 0.1) is 25.7 Å². The van der Waals surface area contributed by atoms with Crippen molar-refractivity contribution in [1.82, 2.24) is 49.1 Å². The molecule has 2 fully saturated rings. The number of carbonyl (C=O) groups is 6. The molecule has 0 spiro atoms. The number of aryl methyl sites for hydroxylation is 2. The minimum atomic E-state index is -4.79.